The molecule has 2 aromatic carbocycles. The van der Waals surface area contributed by atoms with E-state index in [9.17, 15) is 9.18 Å². The Morgan fingerprint density at radius 2 is 2.00 bits per heavy atom. The minimum absolute atomic E-state index is 0.0160. The van der Waals surface area contributed by atoms with Crippen LogP contribution in [0, 0.1) is 5.82 Å². The van der Waals surface area contributed by atoms with Gasteiger partial charge in [0.1, 0.15) is 12.4 Å². The molecule has 0 amide bonds. The number of rotatable bonds is 5. The van der Waals surface area contributed by atoms with E-state index in [4.69, 9.17) is 21.1 Å². The second-order valence-corrected chi connectivity index (χ2v) is 4.83. The van der Waals surface area contributed by atoms with Crippen LogP contribution < -0.4 is 9.47 Å². The lowest BCUT2D eigenvalue weighted by atomic mass is 10.1. The Kier molecular flexibility index (Phi) is 4.81. The quantitative estimate of drug-likeness (QED) is 0.774. The zero-order valence-corrected chi connectivity index (χ0v) is 12.4. The van der Waals surface area contributed by atoms with E-state index in [-0.39, 0.29) is 18.1 Å². The minimum Gasteiger partial charge on any atom is -0.494 e. The molecular formula is C16H14ClFO3. The van der Waals surface area contributed by atoms with E-state index in [0.717, 1.165) is 0 Å². The molecule has 0 aliphatic heterocycles. The van der Waals surface area contributed by atoms with E-state index >= 15 is 0 Å². The zero-order chi connectivity index (χ0) is 15.4. The van der Waals surface area contributed by atoms with Crippen molar-refractivity contribution < 1.29 is 18.7 Å². The van der Waals surface area contributed by atoms with E-state index < -0.39 is 5.82 Å². The second-order valence-electron chi connectivity index (χ2n) is 4.42. The standard InChI is InChI=1S/C16H14ClFO3/c1-10(19)11-6-7-14(13(17)8-11)21-9-12-4-3-5-15(20-2)16(12)18/h3-8H,9H2,1-2H3. The van der Waals surface area contributed by atoms with Gasteiger partial charge in [-0.1, -0.05) is 23.7 Å². The summed E-state index contributed by atoms with van der Waals surface area (Å²) in [5.74, 6) is 0.0109. The van der Waals surface area contributed by atoms with Crippen LogP contribution in [0.5, 0.6) is 11.5 Å². The molecular weight excluding hydrogens is 295 g/mol. The Morgan fingerprint density at radius 1 is 1.24 bits per heavy atom. The maximum absolute atomic E-state index is 14.0. The molecule has 0 unspecified atom stereocenters. The van der Waals surface area contributed by atoms with Gasteiger partial charge in [0.2, 0.25) is 0 Å². The van der Waals surface area contributed by atoms with Gasteiger partial charge in [-0.3, -0.25) is 4.79 Å². The van der Waals surface area contributed by atoms with Crippen LogP contribution >= 0.6 is 11.6 Å². The van der Waals surface area contributed by atoms with Crippen molar-refractivity contribution in [3.8, 4) is 11.5 Å². The first-order valence-corrected chi connectivity index (χ1v) is 6.65. The van der Waals surface area contributed by atoms with Crippen molar-refractivity contribution in [1.82, 2.24) is 0 Å². The summed E-state index contributed by atoms with van der Waals surface area (Å²) < 4.78 is 24.4. The Labute approximate surface area is 127 Å². The van der Waals surface area contributed by atoms with Gasteiger partial charge in [0.25, 0.3) is 0 Å². The molecule has 21 heavy (non-hydrogen) atoms. The minimum atomic E-state index is -0.462. The molecule has 0 aromatic heterocycles. The average molecular weight is 309 g/mol. The second kappa shape index (κ2) is 6.59. The third-order valence-corrected chi connectivity index (χ3v) is 3.28. The molecule has 0 spiro atoms. The number of methoxy groups -OCH3 is 1. The monoisotopic (exact) mass is 308 g/mol. The van der Waals surface area contributed by atoms with E-state index in [1.807, 2.05) is 0 Å². The molecule has 2 aromatic rings. The third-order valence-electron chi connectivity index (χ3n) is 2.98. The SMILES string of the molecule is COc1cccc(COc2ccc(C(C)=O)cc2Cl)c1F. The molecule has 0 aliphatic carbocycles. The van der Waals surface area contributed by atoms with E-state index in [0.29, 0.717) is 21.9 Å². The van der Waals surface area contributed by atoms with Crippen molar-refractivity contribution in [3.05, 3.63) is 58.4 Å². The third kappa shape index (κ3) is 3.52. The van der Waals surface area contributed by atoms with Gasteiger partial charge in [-0.2, -0.15) is 0 Å². The number of benzene rings is 2. The molecule has 3 nitrogen and oxygen atoms in total. The number of ketones is 1. The van der Waals surface area contributed by atoms with Gasteiger partial charge in [-0.15, -0.1) is 0 Å². The first-order valence-electron chi connectivity index (χ1n) is 6.27. The maximum Gasteiger partial charge on any atom is 0.171 e. The number of Topliss-reactive ketones (excluding diaryl/α,β-unsaturated/α-hetero) is 1. The normalized spacial score (nSPS) is 10.3. The van der Waals surface area contributed by atoms with E-state index in [1.54, 1.807) is 24.3 Å². The van der Waals surface area contributed by atoms with Crippen molar-refractivity contribution in [2.45, 2.75) is 13.5 Å². The van der Waals surface area contributed by atoms with Gasteiger partial charge in [0, 0.05) is 11.1 Å². The summed E-state index contributed by atoms with van der Waals surface area (Å²) in [6.45, 7) is 1.47. The molecule has 5 heteroatoms. The predicted molar refractivity (Wildman–Crippen MR) is 78.7 cm³/mol. The maximum atomic E-state index is 14.0. The molecule has 0 saturated carbocycles. The molecule has 0 saturated heterocycles. The van der Waals surface area contributed by atoms with Crippen molar-refractivity contribution in [1.29, 1.82) is 0 Å². The van der Waals surface area contributed by atoms with Crippen LogP contribution in [0.1, 0.15) is 22.8 Å². The molecule has 0 heterocycles. The van der Waals surface area contributed by atoms with Crippen molar-refractivity contribution in [3.63, 3.8) is 0 Å². The van der Waals surface area contributed by atoms with Gasteiger partial charge < -0.3 is 9.47 Å². The van der Waals surface area contributed by atoms with Crippen molar-refractivity contribution in [2.24, 2.45) is 0 Å². The molecule has 0 bridgehead atoms. The van der Waals surface area contributed by atoms with Crippen LogP contribution in [0.25, 0.3) is 0 Å². The molecule has 0 atom stereocenters. The molecule has 110 valence electrons. The van der Waals surface area contributed by atoms with Crippen LogP contribution in [-0.4, -0.2) is 12.9 Å². The number of ether oxygens (including phenoxy) is 2. The summed E-state index contributed by atoms with van der Waals surface area (Å²) in [6.07, 6.45) is 0. The Hall–Kier alpha value is -2.07. The van der Waals surface area contributed by atoms with Crippen LogP contribution in [0.4, 0.5) is 4.39 Å². The number of halogens is 2. The fraction of sp³-hybridized carbons (Fsp3) is 0.188. The molecule has 0 fully saturated rings. The molecule has 0 N–H and O–H groups in total. The highest BCUT2D eigenvalue weighted by atomic mass is 35.5. The lowest BCUT2D eigenvalue weighted by molar-refractivity contribution is 0.101. The first-order chi connectivity index (χ1) is 10.0. The first kappa shape index (κ1) is 15.3. The van der Waals surface area contributed by atoms with Gasteiger partial charge in [0.05, 0.1) is 12.1 Å². The zero-order valence-electron chi connectivity index (χ0n) is 11.7. The van der Waals surface area contributed by atoms with Crippen LogP contribution in [0.3, 0.4) is 0 Å². The summed E-state index contributed by atoms with van der Waals surface area (Å²) in [5.41, 5.74) is 0.862. The summed E-state index contributed by atoms with van der Waals surface area (Å²) in [7, 11) is 1.40. The molecule has 0 aliphatic rings. The van der Waals surface area contributed by atoms with Gasteiger partial charge in [-0.25, -0.2) is 4.39 Å². The van der Waals surface area contributed by atoms with Crippen LogP contribution in [-0.2, 0) is 6.61 Å². The highest BCUT2D eigenvalue weighted by Crippen LogP contribution is 2.27. The smallest absolute Gasteiger partial charge is 0.171 e. The lowest BCUT2D eigenvalue weighted by Gasteiger charge is -2.11. The fourth-order valence-electron chi connectivity index (χ4n) is 1.82. The summed E-state index contributed by atoms with van der Waals surface area (Å²) in [5, 5.41) is 0.311. The Balaban J connectivity index is 2.15. The predicted octanol–water partition coefficient (Wildman–Crippen LogP) is 4.27. The lowest BCUT2D eigenvalue weighted by Crippen LogP contribution is -2.01. The highest BCUT2D eigenvalue weighted by Gasteiger charge is 2.11. The Bertz CT molecular complexity index is 671. The van der Waals surface area contributed by atoms with Gasteiger partial charge in [-0.05, 0) is 31.2 Å². The molecule has 0 radical (unpaired) electrons. The van der Waals surface area contributed by atoms with Crippen LogP contribution in [0.15, 0.2) is 36.4 Å². The van der Waals surface area contributed by atoms with Gasteiger partial charge >= 0.3 is 0 Å². The number of carbonyl (C=O) groups excluding carboxylic acids is 1. The van der Waals surface area contributed by atoms with E-state index in [1.165, 1.54) is 26.2 Å². The topological polar surface area (TPSA) is 35.5 Å². The number of hydrogen-bond donors (Lipinski definition) is 0. The largest absolute Gasteiger partial charge is 0.494 e. The highest BCUT2D eigenvalue weighted by molar-refractivity contribution is 6.32. The number of carbonyl (C=O) groups is 1. The summed E-state index contributed by atoms with van der Waals surface area (Å²) >= 11 is 6.04. The van der Waals surface area contributed by atoms with Crippen molar-refractivity contribution >= 4 is 17.4 Å². The summed E-state index contributed by atoms with van der Waals surface area (Å²) in [4.78, 5) is 11.2. The van der Waals surface area contributed by atoms with Crippen molar-refractivity contribution in [2.75, 3.05) is 7.11 Å². The van der Waals surface area contributed by atoms with E-state index in [2.05, 4.69) is 0 Å². The van der Waals surface area contributed by atoms with Gasteiger partial charge in [0.15, 0.2) is 17.3 Å². The fourth-order valence-corrected chi connectivity index (χ4v) is 2.05. The molecule has 2 rings (SSSR count). The average Bonchev–Trinajstić information content (AvgIpc) is 2.47. The summed E-state index contributed by atoms with van der Waals surface area (Å²) in [6, 6.07) is 9.56. The van der Waals surface area contributed by atoms with Crippen LogP contribution in [0.2, 0.25) is 5.02 Å². The number of hydrogen-bond acceptors (Lipinski definition) is 3. The Morgan fingerprint density at radius 3 is 2.62 bits per heavy atom.